The molecule has 2 heterocycles. The first-order chi connectivity index (χ1) is 17.1. The lowest BCUT2D eigenvalue weighted by molar-refractivity contribution is -0.0852. The Morgan fingerprint density at radius 1 is 0.714 bits per heavy atom. The third-order valence-electron chi connectivity index (χ3n) is 6.56. The second-order valence-electron chi connectivity index (χ2n) is 8.59. The Labute approximate surface area is 212 Å². The summed E-state index contributed by atoms with van der Waals surface area (Å²) in [4.78, 5) is 20.6. The molecule has 0 saturated carbocycles. The van der Waals surface area contributed by atoms with Gasteiger partial charge in [-0.2, -0.15) is 0 Å². The SMILES string of the molecule is O=C1c2ccccc2OC(c2ccccc2)C12ON=C(c1ccc(Cl)cc1)C2c1ccc(Cl)cc1. The number of hydrogen-bond acceptors (Lipinski definition) is 4. The number of ether oxygens (including phenoxy) is 1. The molecular formula is C29H19Cl2NO3. The molecule has 4 aromatic rings. The molecule has 0 fully saturated rings. The Balaban J connectivity index is 1.60. The number of Topliss-reactive ketones (excluding diaryl/α,β-unsaturated/α-hetero) is 1. The molecule has 6 heteroatoms. The zero-order chi connectivity index (χ0) is 24.0. The molecule has 4 nitrogen and oxygen atoms in total. The summed E-state index contributed by atoms with van der Waals surface area (Å²) < 4.78 is 6.54. The van der Waals surface area contributed by atoms with Crippen LogP contribution in [0.5, 0.6) is 5.75 Å². The summed E-state index contributed by atoms with van der Waals surface area (Å²) in [7, 11) is 0. The van der Waals surface area contributed by atoms with Crippen molar-refractivity contribution in [1.29, 1.82) is 0 Å². The lowest BCUT2D eigenvalue weighted by atomic mass is 9.68. The van der Waals surface area contributed by atoms with E-state index in [1.165, 1.54) is 0 Å². The smallest absolute Gasteiger partial charge is 0.252 e. The van der Waals surface area contributed by atoms with Crippen molar-refractivity contribution in [3.8, 4) is 5.75 Å². The molecule has 0 N–H and O–H groups in total. The number of carbonyl (C=O) groups excluding carboxylic acids is 1. The van der Waals surface area contributed by atoms with Crippen LogP contribution >= 0.6 is 23.2 Å². The zero-order valence-corrected chi connectivity index (χ0v) is 19.9. The molecule has 0 bridgehead atoms. The highest BCUT2D eigenvalue weighted by Gasteiger charge is 2.64. The van der Waals surface area contributed by atoms with E-state index in [0.717, 1.165) is 16.7 Å². The van der Waals surface area contributed by atoms with Crippen molar-refractivity contribution in [1.82, 2.24) is 0 Å². The van der Waals surface area contributed by atoms with Crippen LogP contribution in [0.4, 0.5) is 0 Å². The van der Waals surface area contributed by atoms with Gasteiger partial charge in [-0.1, -0.05) is 95.1 Å². The first kappa shape index (κ1) is 21.9. The highest BCUT2D eigenvalue weighted by atomic mass is 35.5. The van der Waals surface area contributed by atoms with Crippen LogP contribution in [0.1, 0.15) is 39.1 Å². The standard InChI is InChI=1S/C29H19Cl2NO3/c30-21-14-10-18(11-15-21)25-26(19-12-16-22(31)17-13-19)32-35-29(25)27(33)23-8-4-5-9-24(23)34-28(29)20-6-2-1-3-7-20/h1-17,25,28H. The van der Waals surface area contributed by atoms with Crippen molar-refractivity contribution in [3.63, 3.8) is 0 Å². The van der Waals surface area contributed by atoms with Gasteiger partial charge in [0.05, 0.1) is 17.2 Å². The maximum absolute atomic E-state index is 14.4. The fourth-order valence-corrected chi connectivity index (χ4v) is 5.20. The van der Waals surface area contributed by atoms with Crippen molar-refractivity contribution < 1.29 is 14.4 Å². The minimum Gasteiger partial charge on any atom is -0.480 e. The fourth-order valence-electron chi connectivity index (χ4n) is 4.95. The summed E-state index contributed by atoms with van der Waals surface area (Å²) in [6.07, 6.45) is -0.736. The lowest BCUT2D eigenvalue weighted by Crippen LogP contribution is -2.54. The Kier molecular flexibility index (Phi) is 5.36. The molecule has 0 aromatic heterocycles. The van der Waals surface area contributed by atoms with E-state index in [-0.39, 0.29) is 5.78 Å². The second kappa shape index (κ2) is 8.56. The predicted molar refractivity (Wildman–Crippen MR) is 137 cm³/mol. The minimum absolute atomic E-state index is 0.180. The van der Waals surface area contributed by atoms with Crippen LogP contribution in [-0.4, -0.2) is 17.1 Å². The van der Waals surface area contributed by atoms with Gasteiger partial charge in [0.2, 0.25) is 5.78 Å². The van der Waals surface area contributed by atoms with E-state index in [1.807, 2.05) is 84.9 Å². The molecule has 2 aliphatic heterocycles. The Bertz CT molecular complexity index is 1440. The maximum atomic E-state index is 14.4. The fraction of sp³-hybridized carbons (Fsp3) is 0.103. The lowest BCUT2D eigenvalue weighted by Gasteiger charge is -2.42. The minimum atomic E-state index is -1.46. The molecule has 6 rings (SSSR count). The van der Waals surface area contributed by atoms with E-state index in [4.69, 9.17) is 32.8 Å². The topological polar surface area (TPSA) is 47.9 Å². The number of hydrogen-bond donors (Lipinski definition) is 0. The van der Waals surface area contributed by atoms with Gasteiger partial charge in [-0.3, -0.25) is 4.79 Å². The van der Waals surface area contributed by atoms with Crippen LogP contribution < -0.4 is 4.74 Å². The first-order valence-corrected chi connectivity index (χ1v) is 12.0. The summed E-state index contributed by atoms with van der Waals surface area (Å²) in [5, 5.41) is 5.74. The van der Waals surface area contributed by atoms with Crippen LogP contribution in [0.3, 0.4) is 0 Å². The van der Waals surface area contributed by atoms with Crippen molar-refractivity contribution in [2.45, 2.75) is 17.6 Å². The summed E-state index contributed by atoms with van der Waals surface area (Å²) in [6.45, 7) is 0. The van der Waals surface area contributed by atoms with Gasteiger partial charge >= 0.3 is 0 Å². The largest absolute Gasteiger partial charge is 0.480 e. The Hall–Kier alpha value is -3.60. The van der Waals surface area contributed by atoms with Gasteiger partial charge in [-0.25, -0.2) is 0 Å². The summed E-state index contributed by atoms with van der Waals surface area (Å²) in [5.74, 6) is -0.219. The first-order valence-electron chi connectivity index (χ1n) is 11.2. The highest BCUT2D eigenvalue weighted by molar-refractivity contribution is 6.31. The number of ketones is 1. The molecule has 2 aliphatic rings. The van der Waals surface area contributed by atoms with Gasteiger partial charge in [0.25, 0.3) is 5.60 Å². The third-order valence-corrected chi connectivity index (χ3v) is 7.07. The van der Waals surface area contributed by atoms with Gasteiger partial charge in [0.1, 0.15) is 5.75 Å². The van der Waals surface area contributed by atoms with E-state index >= 15 is 0 Å². The number of rotatable bonds is 3. The highest BCUT2D eigenvalue weighted by Crippen LogP contribution is 2.54. The van der Waals surface area contributed by atoms with Crippen molar-refractivity contribution >= 4 is 34.7 Å². The van der Waals surface area contributed by atoms with E-state index in [2.05, 4.69) is 5.16 Å². The van der Waals surface area contributed by atoms with Crippen LogP contribution in [0.15, 0.2) is 108 Å². The van der Waals surface area contributed by atoms with Crippen molar-refractivity contribution in [3.05, 3.63) is 135 Å². The molecule has 35 heavy (non-hydrogen) atoms. The third kappa shape index (κ3) is 3.53. The van der Waals surface area contributed by atoms with Crippen LogP contribution in [0.25, 0.3) is 0 Å². The maximum Gasteiger partial charge on any atom is 0.252 e. The molecule has 172 valence electrons. The number of oxime groups is 1. The molecule has 3 atom stereocenters. The van der Waals surface area contributed by atoms with E-state index in [0.29, 0.717) is 27.1 Å². The van der Waals surface area contributed by atoms with Gasteiger partial charge in [0, 0.05) is 15.6 Å². The molecule has 0 amide bonds. The van der Waals surface area contributed by atoms with Crippen LogP contribution in [0, 0.1) is 0 Å². The van der Waals surface area contributed by atoms with Gasteiger partial charge in [0.15, 0.2) is 6.10 Å². The number of nitrogens with zero attached hydrogens (tertiary/aromatic N) is 1. The quantitative estimate of drug-likeness (QED) is 0.297. The molecular weight excluding hydrogens is 481 g/mol. The average molecular weight is 500 g/mol. The second-order valence-corrected chi connectivity index (χ2v) is 9.46. The molecule has 0 aliphatic carbocycles. The monoisotopic (exact) mass is 499 g/mol. The van der Waals surface area contributed by atoms with E-state index < -0.39 is 17.6 Å². The average Bonchev–Trinajstić information content (AvgIpc) is 3.28. The van der Waals surface area contributed by atoms with E-state index in [9.17, 15) is 4.79 Å². The number of fused-ring (bicyclic) bond motifs is 1. The summed E-state index contributed by atoms with van der Waals surface area (Å²) in [5.41, 5.74) is 2.11. The number of carbonyl (C=O) groups is 1. The molecule has 0 saturated heterocycles. The van der Waals surface area contributed by atoms with Gasteiger partial charge < -0.3 is 9.57 Å². The zero-order valence-electron chi connectivity index (χ0n) is 18.4. The van der Waals surface area contributed by atoms with Gasteiger partial charge in [-0.15, -0.1) is 0 Å². The summed E-state index contributed by atoms with van der Waals surface area (Å²) >= 11 is 12.4. The van der Waals surface area contributed by atoms with Crippen molar-refractivity contribution in [2.75, 3.05) is 0 Å². The summed E-state index contributed by atoms with van der Waals surface area (Å²) in [6, 6.07) is 31.7. The Morgan fingerprint density at radius 3 is 2.06 bits per heavy atom. The molecule has 3 unspecified atom stereocenters. The molecule has 4 aromatic carbocycles. The number of para-hydroxylation sites is 1. The van der Waals surface area contributed by atoms with Crippen LogP contribution in [0.2, 0.25) is 10.0 Å². The van der Waals surface area contributed by atoms with Crippen LogP contribution in [-0.2, 0) is 4.84 Å². The molecule has 0 radical (unpaired) electrons. The number of benzene rings is 4. The Morgan fingerprint density at radius 2 is 1.34 bits per heavy atom. The normalized spacial score (nSPS) is 22.8. The predicted octanol–water partition coefficient (Wildman–Crippen LogP) is 7.27. The molecule has 1 spiro atoms. The number of halogens is 2. The van der Waals surface area contributed by atoms with Crippen molar-refractivity contribution in [2.24, 2.45) is 5.16 Å². The van der Waals surface area contributed by atoms with Gasteiger partial charge in [-0.05, 0) is 47.5 Å². The van der Waals surface area contributed by atoms with E-state index in [1.54, 1.807) is 18.2 Å².